The molecule has 1 aliphatic carbocycles. The normalized spacial score (nSPS) is 26.8. The van der Waals surface area contributed by atoms with Gasteiger partial charge in [0.2, 0.25) is 0 Å². The molecule has 2 fully saturated rings. The molecule has 82 valence electrons. The molecule has 2 aliphatic rings. The summed E-state index contributed by atoms with van der Waals surface area (Å²) < 4.78 is 5.39. The van der Waals surface area contributed by atoms with Gasteiger partial charge in [-0.1, -0.05) is 11.6 Å². The zero-order valence-corrected chi connectivity index (χ0v) is 9.04. The number of hydrogen-bond donors (Lipinski definition) is 1. The standard InChI is InChI=1S/C12H18N2O/c1-3-9(4-1)12-8-11(15-14-12)7-10-5-2-6-13-10/h8-10,13H,1-7H2. The van der Waals surface area contributed by atoms with Gasteiger partial charge in [-0.3, -0.25) is 0 Å². The summed E-state index contributed by atoms with van der Waals surface area (Å²) in [4.78, 5) is 0. The predicted octanol–water partition coefficient (Wildman–Crippen LogP) is 2.24. The van der Waals surface area contributed by atoms with Gasteiger partial charge < -0.3 is 9.84 Å². The first kappa shape index (κ1) is 9.40. The number of nitrogens with one attached hydrogen (secondary N) is 1. The van der Waals surface area contributed by atoms with Crippen LogP contribution in [-0.4, -0.2) is 17.7 Å². The first-order valence-electron chi connectivity index (χ1n) is 6.11. The van der Waals surface area contributed by atoms with Gasteiger partial charge in [-0.25, -0.2) is 0 Å². The summed E-state index contributed by atoms with van der Waals surface area (Å²) in [5, 5.41) is 7.66. The lowest BCUT2D eigenvalue weighted by Crippen LogP contribution is -2.23. The highest BCUT2D eigenvalue weighted by Crippen LogP contribution is 2.35. The van der Waals surface area contributed by atoms with E-state index in [1.165, 1.54) is 37.8 Å². The number of nitrogens with zero attached hydrogens (tertiary/aromatic N) is 1. The molecular weight excluding hydrogens is 188 g/mol. The smallest absolute Gasteiger partial charge is 0.138 e. The Morgan fingerprint density at radius 1 is 1.33 bits per heavy atom. The fraction of sp³-hybridized carbons (Fsp3) is 0.750. The SMILES string of the molecule is c1c(C2CCC2)noc1CC1CCCN1. The van der Waals surface area contributed by atoms with E-state index in [1.54, 1.807) is 0 Å². The molecule has 1 saturated carbocycles. The van der Waals surface area contributed by atoms with Gasteiger partial charge in [0.05, 0.1) is 5.69 Å². The van der Waals surface area contributed by atoms with Crippen molar-refractivity contribution >= 4 is 0 Å². The van der Waals surface area contributed by atoms with Crippen molar-refractivity contribution in [1.82, 2.24) is 10.5 Å². The Kier molecular flexibility index (Phi) is 2.49. The molecule has 1 unspecified atom stereocenters. The molecule has 3 rings (SSSR count). The molecule has 1 aliphatic heterocycles. The summed E-state index contributed by atoms with van der Waals surface area (Å²) in [5.41, 5.74) is 1.19. The van der Waals surface area contributed by atoms with Crippen molar-refractivity contribution in [2.45, 2.75) is 50.5 Å². The lowest BCUT2D eigenvalue weighted by atomic mass is 9.83. The average molecular weight is 206 g/mol. The molecule has 0 radical (unpaired) electrons. The molecule has 1 aromatic heterocycles. The van der Waals surface area contributed by atoms with Crippen LogP contribution in [0.4, 0.5) is 0 Å². The van der Waals surface area contributed by atoms with Crippen molar-refractivity contribution in [2.75, 3.05) is 6.54 Å². The second-order valence-corrected chi connectivity index (χ2v) is 4.84. The molecule has 3 nitrogen and oxygen atoms in total. The average Bonchev–Trinajstić information content (AvgIpc) is 2.75. The lowest BCUT2D eigenvalue weighted by Gasteiger charge is -2.22. The molecule has 1 N–H and O–H groups in total. The molecule has 0 spiro atoms. The van der Waals surface area contributed by atoms with Gasteiger partial charge in [0.15, 0.2) is 0 Å². The summed E-state index contributed by atoms with van der Waals surface area (Å²) in [7, 11) is 0. The number of aromatic nitrogens is 1. The van der Waals surface area contributed by atoms with Crippen LogP contribution in [0.2, 0.25) is 0 Å². The maximum atomic E-state index is 5.39. The summed E-state index contributed by atoms with van der Waals surface area (Å²) in [6.45, 7) is 1.16. The molecule has 1 atom stereocenters. The van der Waals surface area contributed by atoms with E-state index in [2.05, 4.69) is 16.5 Å². The van der Waals surface area contributed by atoms with Crippen LogP contribution in [0.25, 0.3) is 0 Å². The van der Waals surface area contributed by atoms with Gasteiger partial charge in [-0.05, 0) is 32.2 Å². The van der Waals surface area contributed by atoms with Crippen LogP contribution in [0.1, 0.15) is 49.5 Å². The molecule has 0 aromatic carbocycles. The molecule has 0 bridgehead atoms. The summed E-state index contributed by atoms with van der Waals surface area (Å²) in [6, 6.07) is 2.79. The van der Waals surface area contributed by atoms with Crippen LogP contribution >= 0.6 is 0 Å². The van der Waals surface area contributed by atoms with E-state index in [9.17, 15) is 0 Å². The second-order valence-electron chi connectivity index (χ2n) is 4.84. The van der Waals surface area contributed by atoms with Crippen LogP contribution in [0, 0.1) is 0 Å². The van der Waals surface area contributed by atoms with Gasteiger partial charge in [0.1, 0.15) is 5.76 Å². The third-order valence-electron chi connectivity index (χ3n) is 3.71. The van der Waals surface area contributed by atoms with Crippen molar-refractivity contribution < 1.29 is 4.52 Å². The summed E-state index contributed by atoms with van der Waals surface area (Å²) >= 11 is 0. The van der Waals surface area contributed by atoms with E-state index in [-0.39, 0.29) is 0 Å². The minimum Gasteiger partial charge on any atom is -0.361 e. The number of rotatable bonds is 3. The van der Waals surface area contributed by atoms with E-state index < -0.39 is 0 Å². The van der Waals surface area contributed by atoms with Crippen molar-refractivity contribution in [3.63, 3.8) is 0 Å². The maximum absolute atomic E-state index is 5.39. The van der Waals surface area contributed by atoms with Crippen LogP contribution in [0.3, 0.4) is 0 Å². The van der Waals surface area contributed by atoms with Crippen molar-refractivity contribution in [3.8, 4) is 0 Å². The molecule has 2 heterocycles. The summed E-state index contributed by atoms with van der Waals surface area (Å²) in [6.07, 6.45) is 7.55. The minimum absolute atomic E-state index is 0.618. The molecular formula is C12H18N2O. The summed E-state index contributed by atoms with van der Waals surface area (Å²) in [5.74, 6) is 1.76. The Bertz CT molecular complexity index is 324. The monoisotopic (exact) mass is 206 g/mol. The van der Waals surface area contributed by atoms with Gasteiger partial charge in [-0.15, -0.1) is 0 Å². The molecule has 1 aromatic rings. The zero-order chi connectivity index (χ0) is 10.1. The highest BCUT2D eigenvalue weighted by Gasteiger charge is 2.24. The topological polar surface area (TPSA) is 38.1 Å². The first-order chi connectivity index (χ1) is 7.42. The van der Waals surface area contributed by atoms with Gasteiger partial charge in [0.25, 0.3) is 0 Å². The van der Waals surface area contributed by atoms with Gasteiger partial charge >= 0.3 is 0 Å². The Balaban J connectivity index is 1.62. The number of hydrogen-bond acceptors (Lipinski definition) is 3. The van der Waals surface area contributed by atoms with Crippen molar-refractivity contribution in [3.05, 3.63) is 17.5 Å². The molecule has 15 heavy (non-hydrogen) atoms. The van der Waals surface area contributed by atoms with Crippen LogP contribution in [-0.2, 0) is 6.42 Å². The first-order valence-corrected chi connectivity index (χ1v) is 6.11. The fourth-order valence-electron chi connectivity index (χ4n) is 2.50. The van der Waals surface area contributed by atoms with E-state index in [0.29, 0.717) is 12.0 Å². The second kappa shape index (κ2) is 3.97. The predicted molar refractivity (Wildman–Crippen MR) is 57.8 cm³/mol. The highest BCUT2D eigenvalue weighted by atomic mass is 16.5. The van der Waals surface area contributed by atoms with Gasteiger partial charge in [-0.2, -0.15) is 0 Å². The minimum atomic E-state index is 0.618. The third kappa shape index (κ3) is 1.93. The van der Waals surface area contributed by atoms with E-state index in [4.69, 9.17) is 4.52 Å². The fourth-order valence-corrected chi connectivity index (χ4v) is 2.50. The highest BCUT2D eigenvalue weighted by molar-refractivity contribution is 5.13. The third-order valence-corrected chi connectivity index (χ3v) is 3.71. The lowest BCUT2D eigenvalue weighted by molar-refractivity contribution is 0.340. The Morgan fingerprint density at radius 3 is 2.93 bits per heavy atom. The Labute approximate surface area is 90.2 Å². The van der Waals surface area contributed by atoms with Crippen LogP contribution in [0.5, 0.6) is 0 Å². The van der Waals surface area contributed by atoms with E-state index in [1.807, 2.05) is 0 Å². The molecule has 0 amide bonds. The maximum Gasteiger partial charge on any atom is 0.138 e. The van der Waals surface area contributed by atoms with Gasteiger partial charge in [0, 0.05) is 24.4 Å². The quantitative estimate of drug-likeness (QED) is 0.824. The largest absolute Gasteiger partial charge is 0.361 e. The Morgan fingerprint density at radius 2 is 2.27 bits per heavy atom. The van der Waals surface area contributed by atoms with Crippen LogP contribution < -0.4 is 5.32 Å². The molecule has 3 heteroatoms. The zero-order valence-electron chi connectivity index (χ0n) is 9.04. The van der Waals surface area contributed by atoms with E-state index in [0.717, 1.165) is 18.7 Å². The Hall–Kier alpha value is -0.830. The van der Waals surface area contributed by atoms with Crippen molar-refractivity contribution in [1.29, 1.82) is 0 Å². The van der Waals surface area contributed by atoms with E-state index >= 15 is 0 Å². The molecule has 1 saturated heterocycles. The van der Waals surface area contributed by atoms with Crippen molar-refractivity contribution in [2.24, 2.45) is 0 Å². The van der Waals surface area contributed by atoms with Crippen LogP contribution in [0.15, 0.2) is 10.6 Å².